The number of carbonyl (C=O) groups excluding carboxylic acids is 1. The number of nitrogens with zero attached hydrogens (tertiary/aromatic N) is 2. The molecule has 3 rings (SSSR count). The predicted molar refractivity (Wildman–Crippen MR) is 87.2 cm³/mol. The first-order valence-electron chi connectivity index (χ1n) is 7.40. The van der Waals surface area contributed by atoms with E-state index in [0.717, 1.165) is 17.5 Å². The van der Waals surface area contributed by atoms with Crippen molar-refractivity contribution in [3.05, 3.63) is 39.0 Å². The van der Waals surface area contributed by atoms with Crippen molar-refractivity contribution in [2.45, 2.75) is 39.7 Å². The Labute approximate surface area is 141 Å². The fourth-order valence-electron chi connectivity index (χ4n) is 3.06. The normalized spacial score (nSPS) is 18.9. The minimum absolute atomic E-state index is 0.106. The number of nitro groups is 1. The van der Waals surface area contributed by atoms with E-state index in [0.29, 0.717) is 29.7 Å². The average molecular weight is 351 g/mol. The van der Waals surface area contributed by atoms with Crippen LogP contribution in [0.25, 0.3) is 0 Å². The number of carbonyl (C=O) groups is 1. The number of aromatic nitrogens is 1. The van der Waals surface area contributed by atoms with Crippen LogP contribution in [-0.2, 0) is 6.42 Å². The highest BCUT2D eigenvalue weighted by Gasteiger charge is 2.37. The number of hydrogen-bond donors (Lipinski definition) is 2. The van der Waals surface area contributed by atoms with Crippen LogP contribution in [0.2, 0.25) is 0 Å². The molecular formula is C15H17N3O5S. The zero-order chi connectivity index (χ0) is 17.6. The summed E-state index contributed by atoms with van der Waals surface area (Å²) >= 11 is 0.772. The van der Waals surface area contributed by atoms with Crippen LogP contribution in [0.4, 0.5) is 10.1 Å². The average Bonchev–Trinajstić information content (AvgIpc) is 3.02. The molecule has 24 heavy (non-hydrogen) atoms. The maximum absolute atomic E-state index is 12.4. The maximum atomic E-state index is 12.4. The molecule has 1 unspecified atom stereocenters. The third-order valence-corrected chi connectivity index (χ3v) is 4.95. The monoisotopic (exact) mass is 351 g/mol. The third-order valence-electron chi connectivity index (χ3n) is 4.09. The second-order valence-corrected chi connectivity index (χ2v) is 7.68. The molecule has 0 spiro atoms. The van der Waals surface area contributed by atoms with E-state index in [-0.39, 0.29) is 21.3 Å². The van der Waals surface area contributed by atoms with Crippen molar-refractivity contribution in [2.24, 2.45) is 5.41 Å². The van der Waals surface area contributed by atoms with Gasteiger partial charge in [-0.25, -0.2) is 4.98 Å². The number of aliphatic hydroxyl groups is 1. The number of nitrogens with one attached hydrogen (secondary N) is 1. The Hall–Kier alpha value is -2.26. The lowest BCUT2D eigenvalue weighted by Gasteiger charge is -2.31. The third kappa shape index (κ3) is 2.92. The van der Waals surface area contributed by atoms with Gasteiger partial charge in [0.15, 0.2) is 10.9 Å². The zero-order valence-corrected chi connectivity index (χ0v) is 14.3. The van der Waals surface area contributed by atoms with E-state index in [1.165, 1.54) is 0 Å². The van der Waals surface area contributed by atoms with Crippen LogP contribution in [0.15, 0.2) is 10.6 Å². The summed E-state index contributed by atoms with van der Waals surface area (Å²) in [6.45, 7) is 5.79. The summed E-state index contributed by atoms with van der Waals surface area (Å²) in [6, 6.07) is 0. The minimum atomic E-state index is -0.671. The topological polar surface area (TPSA) is 118 Å². The molecule has 2 aromatic rings. The first-order valence-corrected chi connectivity index (χ1v) is 8.21. The molecule has 1 amide bonds. The van der Waals surface area contributed by atoms with Gasteiger partial charge in [-0.05, 0) is 30.1 Å². The van der Waals surface area contributed by atoms with Crippen LogP contribution in [0.3, 0.4) is 0 Å². The van der Waals surface area contributed by atoms with Crippen LogP contribution >= 0.6 is 11.3 Å². The summed E-state index contributed by atoms with van der Waals surface area (Å²) < 4.78 is 5.70. The lowest BCUT2D eigenvalue weighted by atomic mass is 9.75. The number of furan rings is 1. The van der Waals surface area contributed by atoms with Gasteiger partial charge in [-0.1, -0.05) is 13.8 Å². The van der Waals surface area contributed by atoms with Crippen molar-refractivity contribution in [3.63, 3.8) is 0 Å². The number of thiazole rings is 1. The van der Waals surface area contributed by atoms with Crippen LogP contribution in [0, 0.1) is 22.5 Å². The van der Waals surface area contributed by atoms with Gasteiger partial charge >= 0.3 is 5.00 Å². The summed E-state index contributed by atoms with van der Waals surface area (Å²) in [4.78, 5) is 26.3. The number of anilines is 1. The number of aliphatic hydroxyl groups excluding tert-OH is 1. The Morgan fingerprint density at radius 1 is 1.58 bits per heavy atom. The van der Waals surface area contributed by atoms with E-state index in [9.17, 15) is 20.0 Å². The Morgan fingerprint density at radius 3 is 2.92 bits per heavy atom. The van der Waals surface area contributed by atoms with Crippen LogP contribution < -0.4 is 5.32 Å². The standard InChI is InChI=1S/C15H17N3O5S/c1-7-11-8(19)4-15(2,3)5-9(11)23-12(7)13(20)17-14-16-6-10(24-14)18(21)22/h6,8,19H,4-5H2,1-3H3,(H,16,17,20). The Kier molecular flexibility index (Phi) is 3.92. The van der Waals surface area contributed by atoms with Gasteiger partial charge in [-0.15, -0.1) is 0 Å². The maximum Gasteiger partial charge on any atom is 0.345 e. The van der Waals surface area contributed by atoms with Gasteiger partial charge in [0.2, 0.25) is 0 Å². The molecule has 0 radical (unpaired) electrons. The molecule has 0 aromatic carbocycles. The largest absolute Gasteiger partial charge is 0.455 e. The Bertz CT molecular complexity index is 823. The highest BCUT2D eigenvalue weighted by molar-refractivity contribution is 7.18. The molecule has 0 fully saturated rings. The van der Waals surface area contributed by atoms with E-state index in [4.69, 9.17) is 4.42 Å². The Balaban J connectivity index is 1.87. The fraction of sp³-hybridized carbons (Fsp3) is 0.467. The molecule has 0 saturated heterocycles. The first kappa shape index (κ1) is 16.6. The van der Waals surface area contributed by atoms with Crippen molar-refractivity contribution in [1.29, 1.82) is 0 Å². The second-order valence-electron chi connectivity index (χ2n) is 6.67. The van der Waals surface area contributed by atoms with Gasteiger partial charge in [-0.3, -0.25) is 20.2 Å². The van der Waals surface area contributed by atoms with Crippen molar-refractivity contribution in [2.75, 3.05) is 5.32 Å². The number of rotatable bonds is 3. The van der Waals surface area contributed by atoms with E-state index in [2.05, 4.69) is 10.3 Å². The fourth-order valence-corrected chi connectivity index (χ4v) is 3.69. The Morgan fingerprint density at radius 2 is 2.29 bits per heavy atom. The molecule has 9 heteroatoms. The first-order chi connectivity index (χ1) is 11.2. The van der Waals surface area contributed by atoms with Gasteiger partial charge < -0.3 is 9.52 Å². The van der Waals surface area contributed by atoms with Crippen molar-refractivity contribution >= 4 is 27.4 Å². The smallest absolute Gasteiger partial charge is 0.345 e. The van der Waals surface area contributed by atoms with E-state index < -0.39 is 16.9 Å². The highest BCUT2D eigenvalue weighted by Crippen LogP contribution is 2.44. The summed E-state index contributed by atoms with van der Waals surface area (Å²) in [5.74, 6) is 0.192. The molecule has 8 nitrogen and oxygen atoms in total. The second kappa shape index (κ2) is 5.67. The summed E-state index contributed by atoms with van der Waals surface area (Å²) in [6.07, 6.45) is 1.65. The van der Waals surface area contributed by atoms with E-state index >= 15 is 0 Å². The van der Waals surface area contributed by atoms with Crippen molar-refractivity contribution < 1.29 is 19.2 Å². The van der Waals surface area contributed by atoms with Crippen LogP contribution in [0.5, 0.6) is 0 Å². The predicted octanol–water partition coefficient (Wildman–Crippen LogP) is 3.21. The number of hydrogen-bond acceptors (Lipinski definition) is 7. The lowest BCUT2D eigenvalue weighted by Crippen LogP contribution is -2.24. The van der Waals surface area contributed by atoms with Crippen molar-refractivity contribution in [1.82, 2.24) is 4.98 Å². The summed E-state index contributed by atoms with van der Waals surface area (Å²) in [7, 11) is 0. The van der Waals surface area contributed by atoms with Gasteiger partial charge in [0.05, 0.1) is 11.0 Å². The molecule has 1 atom stereocenters. The van der Waals surface area contributed by atoms with Gasteiger partial charge in [0.25, 0.3) is 5.91 Å². The molecule has 0 saturated carbocycles. The molecule has 2 aromatic heterocycles. The van der Waals surface area contributed by atoms with E-state index in [1.54, 1.807) is 6.92 Å². The molecule has 1 aliphatic carbocycles. The van der Waals surface area contributed by atoms with Crippen molar-refractivity contribution in [3.8, 4) is 0 Å². The molecular weight excluding hydrogens is 334 g/mol. The SMILES string of the molecule is Cc1c(C(=O)Nc2ncc([N+](=O)[O-])s2)oc2c1C(O)CC(C)(C)C2. The molecule has 0 aliphatic heterocycles. The summed E-state index contributed by atoms with van der Waals surface area (Å²) in [5, 5.41) is 23.5. The number of fused-ring (bicyclic) bond motifs is 1. The molecule has 2 N–H and O–H groups in total. The highest BCUT2D eigenvalue weighted by atomic mass is 32.1. The quantitative estimate of drug-likeness (QED) is 0.647. The lowest BCUT2D eigenvalue weighted by molar-refractivity contribution is -0.380. The molecule has 1 aliphatic rings. The van der Waals surface area contributed by atoms with Crippen LogP contribution in [0.1, 0.15) is 53.8 Å². The zero-order valence-electron chi connectivity index (χ0n) is 13.5. The minimum Gasteiger partial charge on any atom is -0.455 e. The number of amides is 1. The van der Waals surface area contributed by atoms with Gasteiger partial charge in [-0.2, -0.15) is 0 Å². The summed E-state index contributed by atoms with van der Waals surface area (Å²) in [5.41, 5.74) is 1.15. The van der Waals surface area contributed by atoms with Gasteiger partial charge in [0.1, 0.15) is 12.0 Å². The molecule has 128 valence electrons. The molecule has 0 bridgehead atoms. The van der Waals surface area contributed by atoms with Crippen LogP contribution in [-0.4, -0.2) is 20.9 Å². The van der Waals surface area contributed by atoms with E-state index in [1.807, 2.05) is 13.8 Å². The van der Waals surface area contributed by atoms with Gasteiger partial charge in [0, 0.05) is 17.5 Å². The molecule has 2 heterocycles.